The first-order valence-corrected chi connectivity index (χ1v) is 10.8. The molecule has 0 aromatic carbocycles. The first-order chi connectivity index (χ1) is 10.7. The predicted molar refractivity (Wildman–Crippen MR) is 89.4 cm³/mol. The summed E-state index contributed by atoms with van der Waals surface area (Å²) in [6.07, 6.45) is 4.86. The highest BCUT2D eigenvalue weighted by Gasteiger charge is 2.56. The van der Waals surface area contributed by atoms with Crippen LogP contribution in [0.1, 0.15) is 45.4 Å². The number of hydrogen-bond acceptors (Lipinski definition) is 7. The molecule has 0 aromatic rings. The van der Waals surface area contributed by atoms with Crippen LogP contribution < -0.4 is 10.6 Å². The second kappa shape index (κ2) is 6.84. The fourth-order valence-electron chi connectivity index (χ4n) is 3.55. The van der Waals surface area contributed by atoms with E-state index >= 15 is 0 Å². The van der Waals surface area contributed by atoms with Crippen molar-refractivity contribution in [3.8, 4) is 6.07 Å². The standard InChI is InChI=1S/C13H25N5O3S2/c1-3-12-17(11(9-14)10-22-12)18(15,19)13(16-23(2,20)21)7-5-4-6-8-13/h11-12,16H,3-8,10,15H2,1-2H3. The van der Waals surface area contributed by atoms with Gasteiger partial charge in [0.25, 0.3) is 0 Å². The van der Waals surface area contributed by atoms with E-state index in [0.717, 1.165) is 25.5 Å². The molecule has 2 fully saturated rings. The maximum atomic E-state index is 13.5. The number of quaternary nitrogens is 1. The quantitative estimate of drug-likeness (QED) is 0.323. The zero-order valence-electron chi connectivity index (χ0n) is 13.6. The molecule has 23 heavy (non-hydrogen) atoms. The van der Waals surface area contributed by atoms with Crippen molar-refractivity contribution in [2.75, 3.05) is 12.0 Å². The molecule has 0 aromatic heterocycles. The van der Waals surface area contributed by atoms with Gasteiger partial charge in [-0.3, -0.25) is 0 Å². The molecular weight excluding hydrogens is 338 g/mol. The van der Waals surface area contributed by atoms with Gasteiger partial charge in [-0.2, -0.15) is 20.7 Å². The molecule has 3 N–H and O–H groups in total. The van der Waals surface area contributed by atoms with E-state index in [4.69, 9.17) is 5.84 Å². The van der Waals surface area contributed by atoms with Crippen LogP contribution in [0.2, 0.25) is 0 Å². The summed E-state index contributed by atoms with van der Waals surface area (Å²) in [7, 11) is -3.61. The fourth-order valence-corrected chi connectivity index (χ4v) is 5.88. The molecule has 1 heterocycles. The van der Waals surface area contributed by atoms with Crippen LogP contribution in [0.5, 0.6) is 0 Å². The van der Waals surface area contributed by atoms with E-state index in [1.165, 1.54) is 16.8 Å². The minimum Gasteiger partial charge on any atom is -0.590 e. The molecule has 0 bridgehead atoms. The molecule has 3 unspecified atom stereocenters. The minimum atomic E-state index is -3.61. The van der Waals surface area contributed by atoms with E-state index in [1.807, 2.05) is 6.92 Å². The summed E-state index contributed by atoms with van der Waals surface area (Å²) < 4.78 is 26.3. The Hall–Kier alpha value is -0.410. The van der Waals surface area contributed by atoms with Crippen LogP contribution in [-0.4, -0.2) is 47.4 Å². The highest BCUT2D eigenvalue weighted by molar-refractivity contribution is 8.00. The highest BCUT2D eigenvalue weighted by atomic mass is 32.2. The van der Waals surface area contributed by atoms with Gasteiger partial charge in [-0.1, -0.05) is 13.3 Å². The Labute approximate surface area is 142 Å². The van der Waals surface area contributed by atoms with Gasteiger partial charge in [-0.25, -0.2) is 8.42 Å². The van der Waals surface area contributed by atoms with E-state index in [1.54, 1.807) is 0 Å². The minimum absolute atomic E-state index is 0.192. The maximum Gasteiger partial charge on any atom is 0.213 e. The fraction of sp³-hybridized carbons (Fsp3) is 0.923. The Morgan fingerprint density at radius 2 is 2.09 bits per heavy atom. The summed E-state index contributed by atoms with van der Waals surface area (Å²) in [5.41, 5.74) is -1.33. The maximum absolute atomic E-state index is 13.5. The smallest absolute Gasteiger partial charge is 0.213 e. The Bertz CT molecular complexity index is 569. The van der Waals surface area contributed by atoms with E-state index in [0.29, 0.717) is 25.0 Å². The van der Waals surface area contributed by atoms with Crippen LogP contribution in [0.4, 0.5) is 0 Å². The Morgan fingerprint density at radius 3 is 2.57 bits per heavy atom. The van der Waals surface area contributed by atoms with Crippen LogP contribution in [0.3, 0.4) is 0 Å². The summed E-state index contributed by atoms with van der Waals surface area (Å²) in [6.45, 7) is 1.93. The summed E-state index contributed by atoms with van der Waals surface area (Å²) in [5, 5.41) is 24.2. The van der Waals surface area contributed by atoms with Gasteiger partial charge in [0, 0.05) is 18.6 Å². The lowest BCUT2D eigenvalue weighted by molar-refractivity contribution is -1.05. The number of sulfonamides is 1. The monoisotopic (exact) mass is 363 g/mol. The lowest BCUT2D eigenvalue weighted by Gasteiger charge is -2.57. The number of hydroxylamine groups is 1. The molecule has 3 atom stereocenters. The molecule has 10 heteroatoms. The van der Waals surface area contributed by atoms with E-state index in [-0.39, 0.29) is 5.37 Å². The number of nitriles is 1. The van der Waals surface area contributed by atoms with Crippen molar-refractivity contribution < 1.29 is 13.3 Å². The summed E-state index contributed by atoms with van der Waals surface area (Å²) >= 11 is 1.52. The van der Waals surface area contributed by atoms with E-state index in [2.05, 4.69) is 10.8 Å². The molecule has 1 saturated carbocycles. The second-order valence-corrected chi connectivity index (χ2v) is 9.27. The van der Waals surface area contributed by atoms with Crippen LogP contribution in [0.25, 0.3) is 0 Å². The van der Waals surface area contributed by atoms with Gasteiger partial charge >= 0.3 is 0 Å². The number of hydrogen-bond donors (Lipinski definition) is 2. The molecule has 0 radical (unpaired) electrons. The van der Waals surface area contributed by atoms with Gasteiger partial charge in [-0.15, -0.1) is 16.8 Å². The highest BCUT2D eigenvalue weighted by Crippen LogP contribution is 2.42. The Kier molecular flexibility index (Phi) is 5.62. The zero-order chi connectivity index (χ0) is 17.3. The van der Waals surface area contributed by atoms with Gasteiger partial charge in [-0.05, 0) is 19.3 Å². The summed E-state index contributed by atoms with van der Waals surface area (Å²) in [5.74, 6) is 6.69. The van der Waals surface area contributed by atoms with Crippen LogP contribution >= 0.6 is 11.8 Å². The van der Waals surface area contributed by atoms with Gasteiger partial charge in [0.15, 0.2) is 6.04 Å². The lowest BCUT2D eigenvalue weighted by atomic mass is 9.89. The number of thioether (sulfide) groups is 1. The van der Waals surface area contributed by atoms with Crippen molar-refractivity contribution in [2.45, 2.75) is 62.5 Å². The molecule has 1 saturated heterocycles. The van der Waals surface area contributed by atoms with Gasteiger partial charge in [0.05, 0.1) is 12.3 Å². The van der Waals surface area contributed by atoms with E-state index in [9.17, 15) is 18.9 Å². The van der Waals surface area contributed by atoms with Crippen molar-refractivity contribution >= 4 is 21.8 Å². The third-order valence-electron chi connectivity index (χ3n) is 4.57. The summed E-state index contributed by atoms with van der Waals surface area (Å²) in [6, 6.07) is 1.52. The number of nitrogens with two attached hydrogens (primary N) is 1. The van der Waals surface area contributed by atoms with Crippen LogP contribution in [0.15, 0.2) is 0 Å². The van der Waals surface area contributed by atoms with Gasteiger partial charge in [0.2, 0.25) is 15.7 Å². The topological polar surface area (TPSA) is 122 Å². The molecule has 0 amide bonds. The third-order valence-corrected chi connectivity index (χ3v) is 6.76. The molecule has 2 rings (SSSR count). The predicted octanol–water partition coefficient (Wildman–Crippen LogP) is 0.976. The number of nitrogens with one attached hydrogen (secondary N) is 1. The SMILES string of the molecule is CCC1SCC(C#N)N1[N+](N)([O-])C1(NS(C)(=O)=O)CCCCC1. The normalized spacial score (nSPS) is 31.4. The van der Waals surface area contributed by atoms with Crippen molar-refractivity contribution in [1.82, 2.24) is 9.73 Å². The van der Waals surface area contributed by atoms with Gasteiger partial charge < -0.3 is 5.21 Å². The molecule has 1 aliphatic carbocycles. The average molecular weight is 364 g/mol. The van der Waals surface area contributed by atoms with Crippen LogP contribution in [0, 0.1) is 16.5 Å². The van der Waals surface area contributed by atoms with Crippen molar-refractivity contribution in [3.63, 3.8) is 0 Å². The molecular formula is C13H25N5O3S2. The second-order valence-electron chi connectivity index (χ2n) is 6.31. The summed E-state index contributed by atoms with van der Waals surface area (Å²) in [4.78, 5) is -1.34. The lowest BCUT2D eigenvalue weighted by Crippen LogP contribution is -2.80. The van der Waals surface area contributed by atoms with Crippen molar-refractivity contribution in [2.24, 2.45) is 5.84 Å². The first-order valence-electron chi connectivity index (χ1n) is 7.84. The first kappa shape index (κ1) is 18.9. The Balaban J connectivity index is 2.44. The third kappa shape index (κ3) is 3.66. The Morgan fingerprint density at radius 1 is 1.48 bits per heavy atom. The van der Waals surface area contributed by atoms with Crippen LogP contribution in [-0.2, 0) is 10.0 Å². The zero-order valence-corrected chi connectivity index (χ0v) is 15.2. The molecule has 1 aliphatic heterocycles. The molecule has 2 aliphatic rings. The number of nitrogens with zero attached hydrogens (tertiary/aromatic N) is 3. The molecule has 0 spiro atoms. The largest absolute Gasteiger partial charge is 0.590 e. The molecule has 8 nitrogen and oxygen atoms in total. The van der Waals surface area contributed by atoms with Crippen molar-refractivity contribution in [1.29, 1.82) is 5.26 Å². The number of rotatable bonds is 5. The van der Waals surface area contributed by atoms with E-state index < -0.39 is 26.6 Å². The average Bonchev–Trinajstić information content (AvgIpc) is 2.90. The molecule has 132 valence electrons. The van der Waals surface area contributed by atoms with Crippen molar-refractivity contribution in [3.05, 3.63) is 5.21 Å². The van der Waals surface area contributed by atoms with Gasteiger partial charge in [0.1, 0.15) is 5.37 Å².